The van der Waals surface area contributed by atoms with Crippen molar-refractivity contribution < 1.29 is 18.0 Å². The molecule has 0 saturated heterocycles. The van der Waals surface area contributed by atoms with Crippen molar-refractivity contribution in [3.05, 3.63) is 47.5 Å². The Morgan fingerprint density at radius 1 is 1.16 bits per heavy atom. The number of nitrogens with zero attached hydrogens (tertiary/aromatic N) is 2. The fourth-order valence-electron chi connectivity index (χ4n) is 4.07. The second kappa shape index (κ2) is 7.92. The molecule has 0 spiro atoms. The molecule has 7 nitrogen and oxygen atoms in total. The van der Waals surface area contributed by atoms with E-state index >= 15 is 0 Å². The van der Waals surface area contributed by atoms with E-state index in [1.54, 1.807) is 0 Å². The summed E-state index contributed by atoms with van der Waals surface area (Å²) in [4.78, 5) is 32.6. The monoisotopic (exact) mass is 439 g/mol. The highest BCUT2D eigenvalue weighted by atomic mass is 32.2. The van der Waals surface area contributed by atoms with Gasteiger partial charge in [-0.25, -0.2) is 8.42 Å². The SMILES string of the molecule is Cc1cc2c(cc1C)N(CC(=O)Nc1ccc(S(C)(=O)=O)cc1)C(=O)[C@H]1CCCC1=N2. The van der Waals surface area contributed by atoms with Gasteiger partial charge in [0.1, 0.15) is 6.54 Å². The van der Waals surface area contributed by atoms with Gasteiger partial charge in [-0.05, 0) is 80.6 Å². The molecule has 0 aromatic heterocycles. The lowest BCUT2D eigenvalue weighted by Gasteiger charge is -2.25. The molecule has 2 amide bonds. The highest BCUT2D eigenvalue weighted by Gasteiger charge is 2.37. The third-order valence-electron chi connectivity index (χ3n) is 5.91. The van der Waals surface area contributed by atoms with Gasteiger partial charge in [-0.2, -0.15) is 0 Å². The van der Waals surface area contributed by atoms with Gasteiger partial charge in [0.25, 0.3) is 0 Å². The zero-order valence-electron chi connectivity index (χ0n) is 17.8. The Bertz CT molecular complexity index is 1200. The number of sulfone groups is 1. The molecule has 1 atom stereocenters. The quantitative estimate of drug-likeness (QED) is 0.788. The maximum absolute atomic E-state index is 13.3. The Labute approximate surface area is 182 Å². The molecule has 162 valence electrons. The number of hydrogen-bond donors (Lipinski definition) is 1. The standard InChI is InChI=1S/C23H25N3O4S/c1-14-11-20-21(12-15(14)2)26(23(28)18-5-4-6-19(18)25-20)13-22(27)24-16-7-9-17(10-8-16)31(3,29)30/h7-12,18H,4-6,13H2,1-3H3,(H,24,27)/t18-/m0/s1. The van der Waals surface area contributed by atoms with Crippen LogP contribution in [0.25, 0.3) is 0 Å². The van der Waals surface area contributed by atoms with Crippen LogP contribution in [-0.2, 0) is 19.4 Å². The van der Waals surface area contributed by atoms with Crippen LogP contribution >= 0.6 is 0 Å². The second-order valence-corrected chi connectivity index (χ2v) is 10.3. The normalized spacial score (nSPS) is 18.2. The van der Waals surface area contributed by atoms with Gasteiger partial charge in [0.05, 0.1) is 22.2 Å². The van der Waals surface area contributed by atoms with Gasteiger partial charge < -0.3 is 10.2 Å². The summed E-state index contributed by atoms with van der Waals surface area (Å²) in [6.45, 7) is 3.84. The number of anilines is 2. The van der Waals surface area contributed by atoms with Crippen molar-refractivity contribution in [3.8, 4) is 0 Å². The minimum Gasteiger partial charge on any atom is -0.325 e. The van der Waals surface area contributed by atoms with Gasteiger partial charge in [0.15, 0.2) is 9.84 Å². The van der Waals surface area contributed by atoms with Crippen LogP contribution in [0.15, 0.2) is 46.3 Å². The van der Waals surface area contributed by atoms with E-state index in [2.05, 4.69) is 5.32 Å². The predicted octanol–water partition coefficient (Wildman–Crippen LogP) is 3.56. The molecule has 0 unspecified atom stereocenters. The maximum atomic E-state index is 13.3. The van der Waals surface area contributed by atoms with Crippen molar-refractivity contribution in [3.63, 3.8) is 0 Å². The number of hydrogen-bond acceptors (Lipinski definition) is 5. The number of aryl methyl sites for hydroxylation is 2. The summed E-state index contributed by atoms with van der Waals surface area (Å²) >= 11 is 0. The van der Waals surface area contributed by atoms with E-state index in [0.717, 1.165) is 48.0 Å². The Morgan fingerprint density at radius 2 is 1.84 bits per heavy atom. The smallest absolute Gasteiger partial charge is 0.244 e. The third kappa shape index (κ3) is 4.25. The predicted molar refractivity (Wildman–Crippen MR) is 121 cm³/mol. The molecule has 2 aliphatic rings. The second-order valence-electron chi connectivity index (χ2n) is 8.24. The fraction of sp³-hybridized carbons (Fsp3) is 0.348. The highest BCUT2D eigenvalue weighted by molar-refractivity contribution is 7.90. The number of amides is 2. The van der Waals surface area contributed by atoms with E-state index < -0.39 is 9.84 Å². The van der Waals surface area contributed by atoms with Gasteiger partial charge in [0.2, 0.25) is 11.8 Å². The van der Waals surface area contributed by atoms with E-state index in [9.17, 15) is 18.0 Å². The molecule has 8 heteroatoms. The number of fused-ring (bicyclic) bond motifs is 2. The number of benzene rings is 2. The van der Waals surface area contributed by atoms with Crippen LogP contribution in [-0.4, -0.2) is 38.7 Å². The molecule has 1 aliphatic heterocycles. The van der Waals surface area contributed by atoms with Crippen LogP contribution in [0.5, 0.6) is 0 Å². The van der Waals surface area contributed by atoms with Gasteiger partial charge >= 0.3 is 0 Å². The number of aliphatic imine (C=N–C) groups is 1. The first kappa shape index (κ1) is 21.2. The van der Waals surface area contributed by atoms with Crippen LogP contribution in [0, 0.1) is 19.8 Å². The fourth-order valence-corrected chi connectivity index (χ4v) is 4.70. The summed E-state index contributed by atoms with van der Waals surface area (Å²) in [5.74, 6) is -0.734. The van der Waals surface area contributed by atoms with Crippen LogP contribution in [0.1, 0.15) is 30.4 Å². The molecule has 1 fully saturated rings. The Kier molecular flexibility index (Phi) is 5.43. The number of carbonyl (C=O) groups is 2. The van der Waals surface area contributed by atoms with E-state index in [4.69, 9.17) is 4.99 Å². The zero-order valence-corrected chi connectivity index (χ0v) is 18.6. The van der Waals surface area contributed by atoms with Gasteiger partial charge in [-0.1, -0.05) is 0 Å². The molecular formula is C23H25N3O4S. The Hall–Kier alpha value is -3.00. The van der Waals surface area contributed by atoms with Crippen molar-refractivity contribution in [1.29, 1.82) is 0 Å². The lowest BCUT2D eigenvalue weighted by atomic mass is 10.0. The van der Waals surface area contributed by atoms with Gasteiger partial charge in [0, 0.05) is 17.7 Å². The summed E-state index contributed by atoms with van der Waals surface area (Å²) in [6.07, 6.45) is 3.60. The average Bonchev–Trinajstić information content (AvgIpc) is 3.13. The molecule has 4 rings (SSSR count). The van der Waals surface area contributed by atoms with Gasteiger partial charge in [-0.15, -0.1) is 0 Å². The first-order chi connectivity index (χ1) is 14.6. The number of carbonyl (C=O) groups excluding carboxylic acids is 2. The van der Waals surface area contributed by atoms with Crippen molar-refractivity contribution in [2.75, 3.05) is 23.0 Å². The summed E-state index contributed by atoms with van der Waals surface area (Å²) in [7, 11) is -3.31. The van der Waals surface area contributed by atoms with Gasteiger partial charge in [-0.3, -0.25) is 14.6 Å². The topological polar surface area (TPSA) is 95.9 Å². The molecule has 1 N–H and O–H groups in total. The minimum absolute atomic E-state index is 0.0965. The van der Waals surface area contributed by atoms with Crippen molar-refractivity contribution in [2.45, 2.75) is 38.0 Å². The average molecular weight is 440 g/mol. The summed E-state index contributed by atoms with van der Waals surface area (Å²) < 4.78 is 23.2. The molecule has 1 saturated carbocycles. The Balaban J connectivity index is 1.61. The largest absolute Gasteiger partial charge is 0.325 e. The summed E-state index contributed by atoms with van der Waals surface area (Å²) in [6, 6.07) is 9.86. The molecule has 2 aromatic carbocycles. The van der Waals surface area contributed by atoms with Crippen LogP contribution in [0.2, 0.25) is 0 Å². The van der Waals surface area contributed by atoms with E-state index in [1.807, 2.05) is 26.0 Å². The third-order valence-corrected chi connectivity index (χ3v) is 7.03. The van der Waals surface area contributed by atoms with E-state index in [1.165, 1.54) is 29.2 Å². The summed E-state index contributed by atoms with van der Waals surface area (Å²) in [5, 5.41) is 2.76. The molecule has 31 heavy (non-hydrogen) atoms. The van der Waals surface area contributed by atoms with E-state index in [-0.39, 0.29) is 29.2 Å². The zero-order chi connectivity index (χ0) is 22.3. The first-order valence-electron chi connectivity index (χ1n) is 10.2. The molecule has 1 aliphatic carbocycles. The van der Waals surface area contributed by atoms with Crippen LogP contribution in [0.3, 0.4) is 0 Å². The van der Waals surface area contributed by atoms with Crippen molar-refractivity contribution >= 4 is 44.4 Å². The summed E-state index contributed by atoms with van der Waals surface area (Å²) in [5.41, 5.74) is 4.85. The van der Waals surface area contributed by atoms with E-state index in [0.29, 0.717) is 11.4 Å². The number of rotatable bonds is 4. The molecule has 0 radical (unpaired) electrons. The molecule has 0 bridgehead atoms. The highest BCUT2D eigenvalue weighted by Crippen LogP contribution is 2.39. The molecule has 2 aromatic rings. The van der Waals surface area contributed by atoms with Crippen molar-refractivity contribution in [1.82, 2.24) is 0 Å². The molecule has 1 heterocycles. The van der Waals surface area contributed by atoms with Crippen molar-refractivity contribution in [2.24, 2.45) is 10.9 Å². The van der Waals surface area contributed by atoms with Crippen LogP contribution < -0.4 is 10.2 Å². The first-order valence-corrected chi connectivity index (χ1v) is 12.1. The minimum atomic E-state index is -3.31. The number of nitrogens with one attached hydrogen (secondary N) is 1. The lowest BCUT2D eigenvalue weighted by molar-refractivity contribution is -0.122. The Morgan fingerprint density at radius 3 is 2.52 bits per heavy atom. The lowest BCUT2D eigenvalue weighted by Crippen LogP contribution is -2.42. The maximum Gasteiger partial charge on any atom is 0.244 e. The van der Waals surface area contributed by atoms with Crippen LogP contribution in [0.4, 0.5) is 17.1 Å². The molecular weight excluding hydrogens is 414 g/mol.